The molecule has 6 nitrogen and oxygen atoms in total. The van der Waals surface area contributed by atoms with Crippen LogP contribution in [0.25, 0.3) is 82.5 Å². The molecule has 4 heterocycles. The van der Waals surface area contributed by atoms with Crippen LogP contribution >= 0.6 is 0 Å². The van der Waals surface area contributed by atoms with Gasteiger partial charge in [-0.1, -0.05) is 140 Å². The fraction of sp³-hybridized carbons (Fsp3) is 0.0784. The predicted octanol–water partition coefficient (Wildman–Crippen LogP) is 12.3. The van der Waals surface area contributed by atoms with Crippen molar-refractivity contribution in [2.45, 2.75) is 18.8 Å². The molecule has 0 saturated heterocycles. The summed E-state index contributed by atoms with van der Waals surface area (Å²) < 4.78 is 16.0. The van der Waals surface area contributed by atoms with Gasteiger partial charge in [-0.2, -0.15) is 0 Å². The number of aromatic nitrogens is 1. The van der Waals surface area contributed by atoms with Crippen LogP contribution < -0.4 is 10.6 Å². The summed E-state index contributed by atoms with van der Waals surface area (Å²) in [6.45, 7) is 0. The fourth-order valence-corrected chi connectivity index (χ4v) is 9.20. The van der Waals surface area contributed by atoms with Crippen molar-refractivity contribution in [3.05, 3.63) is 187 Å². The van der Waals surface area contributed by atoms with E-state index < -0.39 is 0 Å². The van der Waals surface area contributed by atoms with Gasteiger partial charge in [-0.15, -0.1) is 0 Å². The molecule has 57 heavy (non-hydrogen) atoms. The van der Waals surface area contributed by atoms with Crippen LogP contribution in [-0.4, -0.2) is 16.6 Å². The van der Waals surface area contributed by atoms with Gasteiger partial charge in [-0.25, -0.2) is 4.99 Å². The van der Waals surface area contributed by atoms with E-state index in [0.29, 0.717) is 0 Å². The molecular weight excluding hydrogens is 701 g/mol. The van der Waals surface area contributed by atoms with Crippen LogP contribution in [0.1, 0.15) is 23.7 Å². The van der Waals surface area contributed by atoms with E-state index in [1.54, 1.807) is 0 Å². The van der Waals surface area contributed by atoms with Gasteiger partial charge in [0.25, 0.3) is 0 Å². The first-order valence-corrected chi connectivity index (χ1v) is 19.6. The minimum atomic E-state index is -0.197. The van der Waals surface area contributed by atoms with Crippen molar-refractivity contribution in [1.82, 2.24) is 15.2 Å². The number of nitrogens with zero attached hydrogens (tertiary/aromatic N) is 2. The molecule has 3 unspecified atom stereocenters. The molecule has 6 heteroatoms. The zero-order valence-corrected chi connectivity index (χ0v) is 30.9. The van der Waals surface area contributed by atoms with Crippen LogP contribution in [-0.2, 0) is 0 Å². The highest BCUT2D eigenvalue weighted by molar-refractivity contribution is 6.16. The van der Waals surface area contributed by atoms with Gasteiger partial charge in [-0.3, -0.25) is 5.32 Å². The van der Waals surface area contributed by atoms with Crippen molar-refractivity contribution in [3.63, 3.8) is 0 Å². The van der Waals surface area contributed by atoms with Gasteiger partial charge in [0.1, 0.15) is 40.5 Å². The molecule has 1 aliphatic carbocycles. The van der Waals surface area contributed by atoms with Gasteiger partial charge in [0.05, 0.1) is 11.0 Å². The Balaban J connectivity index is 0.987. The molecule has 0 bridgehead atoms. The largest absolute Gasteiger partial charge is 0.455 e. The van der Waals surface area contributed by atoms with Crippen LogP contribution in [0, 0.1) is 5.92 Å². The van der Waals surface area contributed by atoms with Crippen molar-refractivity contribution in [3.8, 4) is 16.8 Å². The topological polar surface area (TPSA) is 67.6 Å². The van der Waals surface area contributed by atoms with Crippen LogP contribution in [0.2, 0.25) is 0 Å². The van der Waals surface area contributed by atoms with Crippen LogP contribution in [0.3, 0.4) is 0 Å². The molecule has 2 aliphatic rings. The van der Waals surface area contributed by atoms with Gasteiger partial charge in [-0.05, 0) is 36.8 Å². The molecule has 3 aromatic heterocycles. The third-order valence-corrected chi connectivity index (χ3v) is 11.8. The molecule has 7 aromatic carbocycles. The zero-order valence-electron chi connectivity index (χ0n) is 30.9. The summed E-state index contributed by atoms with van der Waals surface area (Å²) in [5.41, 5.74) is 11.0. The van der Waals surface area contributed by atoms with Crippen LogP contribution in [0.4, 0.5) is 0 Å². The molecule has 10 aromatic rings. The first-order chi connectivity index (χ1) is 28.3. The predicted molar refractivity (Wildman–Crippen MR) is 233 cm³/mol. The van der Waals surface area contributed by atoms with E-state index in [-0.39, 0.29) is 18.2 Å². The molecule has 0 spiro atoms. The summed E-state index contributed by atoms with van der Waals surface area (Å²) >= 11 is 0. The molecule has 1 aliphatic heterocycles. The second-order valence-corrected chi connectivity index (χ2v) is 15.1. The Morgan fingerprint density at radius 1 is 0.579 bits per heavy atom. The number of aliphatic imine (C=N–C) groups is 1. The highest BCUT2D eigenvalue weighted by Crippen LogP contribution is 2.43. The van der Waals surface area contributed by atoms with Crippen molar-refractivity contribution in [1.29, 1.82) is 0 Å². The number of hydrogen-bond donors (Lipinski definition) is 2. The second-order valence-electron chi connectivity index (χ2n) is 15.1. The smallest absolute Gasteiger partial charge is 0.143 e. The minimum absolute atomic E-state index is 0.0993. The summed E-state index contributed by atoms with van der Waals surface area (Å²) in [6, 6.07) is 53.4. The Bertz CT molecular complexity index is 3250. The lowest BCUT2D eigenvalue weighted by molar-refractivity contribution is 0.340. The van der Waals surface area contributed by atoms with E-state index in [4.69, 9.17) is 13.8 Å². The van der Waals surface area contributed by atoms with Crippen LogP contribution in [0.5, 0.6) is 0 Å². The average Bonchev–Trinajstić information content (AvgIpc) is 3.96. The van der Waals surface area contributed by atoms with E-state index in [2.05, 4.69) is 185 Å². The lowest BCUT2D eigenvalue weighted by Crippen LogP contribution is -2.50. The summed E-state index contributed by atoms with van der Waals surface area (Å²) in [5.74, 6) is 1.13. The zero-order chi connectivity index (χ0) is 37.5. The molecule has 0 radical (unpaired) electrons. The maximum absolute atomic E-state index is 6.87. The standard InChI is InChI=1S/C51H36N4O2/c1-3-14-31(15-4-1)49-52-50(32-16-5-2-6-17-32)54-51(53-49)41-24-13-27-44-46(41)40-23-12-22-39(48(40)56-44)38-21-11-20-37-36-29-28-33(30-45(36)57-47(37)38)55-42-25-9-7-18-34(42)35-19-8-10-26-43(35)55/h1-16,18-30,32,50-51,54H,17H2,(H,52,53). The molecule has 0 amide bonds. The van der Waals surface area contributed by atoms with Gasteiger partial charge in [0.15, 0.2) is 0 Å². The maximum atomic E-state index is 6.87. The van der Waals surface area contributed by atoms with Crippen LogP contribution in [0.15, 0.2) is 190 Å². The van der Waals surface area contributed by atoms with E-state index in [9.17, 15) is 0 Å². The number of hydrogen-bond acceptors (Lipinski definition) is 5. The lowest BCUT2D eigenvalue weighted by atomic mass is 9.95. The maximum Gasteiger partial charge on any atom is 0.143 e. The number of para-hydroxylation sites is 4. The Kier molecular flexibility index (Phi) is 7.16. The second kappa shape index (κ2) is 12.7. The summed E-state index contributed by atoms with van der Waals surface area (Å²) in [6.07, 6.45) is 9.36. The minimum Gasteiger partial charge on any atom is -0.455 e. The molecule has 272 valence electrons. The van der Waals surface area contributed by atoms with E-state index in [1.807, 2.05) is 6.07 Å². The monoisotopic (exact) mass is 736 g/mol. The first-order valence-electron chi connectivity index (χ1n) is 19.6. The number of allylic oxidation sites excluding steroid dienone is 3. The highest BCUT2D eigenvalue weighted by atomic mass is 16.3. The number of amidine groups is 1. The molecule has 2 N–H and O–H groups in total. The molecule has 0 saturated carbocycles. The molecular formula is C51H36N4O2. The van der Waals surface area contributed by atoms with Gasteiger partial charge in [0, 0.05) is 72.2 Å². The van der Waals surface area contributed by atoms with Crippen molar-refractivity contribution in [2.24, 2.45) is 10.9 Å². The van der Waals surface area contributed by atoms with Gasteiger partial charge >= 0.3 is 0 Å². The Morgan fingerprint density at radius 2 is 1.26 bits per heavy atom. The summed E-state index contributed by atoms with van der Waals surface area (Å²) in [7, 11) is 0. The molecule has 12 rings (SSSR count). The normalized spacial score (nSPS) is 18.3. The third kappa shape index (κ3) is 5.04. The van der Waals surface area contributed by atoms with Gasteiger partial charge in [0.2, 0.25) is 0 Å². The van der Waals surface area contributed by atoms with E-state index in [1.165, 1.54) is 21.8 Å². The number of fused-ring (bicyclic) bond motifs is 9. The Labute approximate surface area is 328 Å². The fourth-order valence-electron chi connectivity index (χ4n) is 9.20. The van der Waals surface area contributed by atoms with E-state index in [0.717, 1.165) is 84.1 Å². The molecule has 3 atom stereocenters. The molecule has 0 fully saturated rings. The number of benzene rings is 7. The van der Waals surface area contributed by atoms with Crippen molar-refractivity contribution < 1.29 is 8.83 Å². The van der Waals surface area contributed by atoms with Gasteiger partial charge < -0.3 is 18.7 Å². The summed E-state index contributed by atoms with van der Waals surface area (Å²) in [4.78, 5) is 5.20. The van der Waals surface area contributed by atoms with Crippen molar-refractivity contribution >= 4 is 71.5 Å². The van der Waals surface area contributed by atoms with E-state index >= 15 is 0 Å². The quantitative estimate of drug-likeness (QED) is 0.185. The number of rotatable bonds is 5. The highest BCUT2D eigenvalue weighted by Gasteiger charge is 2.31. The Morgan fingerprint density at radius 3 is 2.04 bits per heavy atom. The number of nitrogens with one attached hydrogen (secondary N) is 2. The number of furan rings is 2. The first kappa shape index (κ1) is 32.1. The van der Waals surface area contributed by atoms with Crippen molar-refractivity contribution in [2.75, 3.05) is 0 Å². The SMILES string of the molecule is C1=CCC(C2N=C(c3ccccc3)NC(c3cccc4oc5c(-c6cccc7c6oc6cc(-n8c9ccccc9c9ccccc98)ccc67)cccc5c34)N2)C=C1. The average molecular weight is 737 g/mol. The Hall–Kier alpha value is -7.15. The summed E-state index contributed by atoms with van der Waals surface area (Å²) in [5, 5.41) is 14.4. The lowest BCUT2D eigenvalue weighted by Gasteiger charge is -2.35. The third-order valence-electron chi connectivity index (χ3n) is 11.8.